The lowest BCUT2D eigenvalue weighted by Gasteiger charge is -2.48. The van der Waals surface area contributed by atoms with Crippen LogP contribution in [-0.2, 0) is 42.6 Å². The first-order valence-corrected chi connectivity index (χ1v) is 11.9. The highest BCUT2D eigenvalue weighted by Gasteiger charge is 2.56. The molecular weight excluding hydrogens is 428 g/mol. The fraction of sp³-hybridized carbons (Fsp3) is 0.345. The lowest BCUT2D eigenvalue weighted by Crippen LogP contribution is -2.58. The van der Waals surface area contributed by atoms with Crippen molar-refractivity contribution in [1.82, 2.24) is 0 Å². The third-order valence-corrected chi connectivity index (χ3v) is 6.80. The van der Waals surface area contributed by atoms with Crippen LogP contribution in [0, 0.1) is 0 Å². The molecule has 3 atom stereocenters. The SMILES string of the molecule is O=C1CC[C@@]2(CO[C@@](COCc3ccccc3)(c3ccccc3)C[C@H]2OCc2ccccc2)O1. The molecule has 5 nitrogen and oxygen atoms in total. The van der Waals surface area contributed by atoms with Gasteiger partial charge in [-0.25, -0.2) is 0 Å². The second-order valence-electron chi connectivity index (χ2n) is 9.16. The predicted octanol–water partition coefficient (Wildman–Crippen LogP) is 5.18. The molecule has 3 aromatic carbocycles. The van der Waals surface area contributed by atoms with E-state index in [1.54, 1.807) is 0 Å². The van der Waals surface area contributed by atoms with Crippen LogP contribution in [0.4, 0.5) is 0 Å². The van der Waals surface area contributed by atoms with Crippen molar-refractivity contribution in [3.05, 3.63) is 108 Å². The Balaban J connectivity index is 1.39. The molecule has 2 fully saturated rings. The van der Waals surface area contributed by atoms with Crippen molar-refractivity contribution in [1.29, 1.82) is 0 Å². The number of rotatable bonds is 8. The minimum atomic E-state index is -0.760. The zero-order valence-corrected chi connectivity index (χ0v) is 19.2. The minimum Gasteiger partial charge on any atom is -0.454 e. The van der Waals surface area contributed by atoms with Crippen molar-refractivity contribution >= 4 is 5.97 Å². The molecule has 0 aliphatic carbocycles. The van der Waals surface area contributed by atoms with Crippen LogP contribution in [0.1, 0.15) is 36.0 Å². The Kier molecular flexibility index (Phi) is 6.77. The van der Waals surface area contributed by atoms with Gasteiger partial charge in [-0.05, 0) is 16.7 Å². The van der Waals surface area contributed by atoms with Crippen molar-refractivity contribution < 1.29 is 23.7 Å². The van der Waals surface area contributed by atoms with Crippen molar-refractivity contribution in [3.8, 4) is 0 Å². The smallest absolute Gasteiger partial charge is 0.306 e. The monoisotopic (exact) mass is 458 g/mol. The van der Waals surface area contributed by atoms with E-state index < -0.39 is 11.2 Å². The van der Waals surface area contributed by atoms with Crippen LogP contribution in [-0.4, -0.2) is 30.9 Å². The molecule has 0 saturated carbocycles. The Labute approximate surface area is 200 Å². The van der Waals surface area contributed by atoms with Crippen LogP contribution < -0.4 is 0 Å². The molecule has 0 aromatic heterocycles. The van der Waals surface area contributed by atoms with Crippen molar-refractivity contribution in [3.63, 3.8) is 0 Å². The molecule has 2 heterocycles. The number of hydrogen-bond donors (Lipinski definition) is 0. The lowest BCUT2D eigenvalue weighted by atomic mass is 9.78. The molecule has 0 bridgehead atoms. The van der Waals surface area contributed by atoms with Crippen LogP contribution in [0.15, 0.2) is 91.0 Å². The van der Waals surface area contributed by atoms with Crippen LogP contribution in [0.25, 0.3) is 0 Å². The van der Waals surface area contributed by atoms with E-state index in [0.717, 1.165) is 16.7 Å². The number of esters is 1. The molecule has 34 heavy (non-hydrogen) atoms. The summed E-state index contributed by atoms with van der Waals surface area (Å²) in [5.74, 6) is -0.190. The Morgan fingerprint density at radius 1 is 0.824 bits per heavy atom. The van der Waals surface area contributed by atoms with Crippen LogP contribution in [0.5, 0.6) is 0 Å². The van der Waals surface area contributed by atoms with Gasteiger partial charge in [0.15, 0.2) is 5.60 Å². The van der Waals surface area contributed by atoms with Gasteiger partial charge in [-0.1, -0.05) is 91.0 Å². The Hall–Kier alpha value is -2.99. The maximum absolute atomic E-state index is 12.1. The number of hydrogen-bond acceptors (Lipinski definition) is 5. The second-order valence-corrected chi connectivity index (χ2v) is 9.16. The van der Waals surface area contributed by atoms with E-state index in [4.69, 9.17) is 18.9 Å². The van der Waals surface area contributed by atoms with E-state index in [0.29, 0.717) is 39.1 Å². The fourth-order valence-electron chi connectivity index (χ4n) is 4.89. The van der Waals surface area contributed by atoms with Crippen LogP contribution in [0.3, 0.4) is 0 Å². The Morgan fingerprint density at radius 2 is 1.44 bits per heavy atom. The average Bonchev–Trinajstić information content (AvgIpc) is 3.27. The number of benzene rings is 3. The summed E-state index contributed by atoms with van der Waals surface area (Å²) in [5, 5.41) is 0. The predicted molar refractivity (Wildman–Crippen MR) is 128 cm³/mol. The molecule has 1 spiro atoms. The molecule has 5 rings (SSSR count). The molecule has 2 saturated heterocycles. The Bertz CT molecular complexity index is 1070. The highest BCUT2D eigenvalue weighted by molar-refractivity contribution is 5.72. The van der Waals surface area contributed by atoms with Crippen molar-refractivity contribution in [2.45, 2.75) is 49.8 Å². The topological polar surface area (TPSA) is 54.0 Å². The molecule has 3 aromatic rings. The third-order valence-electron chi connectivity index (χ3n) is 6.80. The second kappa shape index (κ2) is 10.1. The van der Waals surface area contributed by atoms with E-state index in [9.17, 15) is 4.79 Å². The first-order valence-electron chi connectivity index (χ1n) is 11.9. The molecule has 0 unspecified atom stereocenters. The van der Waals surface area contributed by atoms with Crippen molar-refractivity contribution in [2.24, 2.45) is 0 Å². The van der Waals surface area contributed by atoms with E-state index in [1.165, 1.54) is 0 Å². The molecule has 176 valence electrons. The molecule has 5 heteroatoms. The largest absolute Gasteiger partial charge is 0.454 e. The number of carbonyl (C=O) groups excluding carboxylic acids is 1. The number of ether oxygens (including phenoxy) is 4. The van der Waals surface area contributed by atoms with Crippen molar-refractivity contribution in [2.75, 3.05) is 13.2 Å². The third kappa shape index (κ3) is 4.92. The number of carbonyl (C=O) groups is 1. The van der Waals surface area contributed by atoms with Gasteiger partial charge in [0, 0.05) is 19.3 Å². The van der Waals surface area contributed by atoms with Gasteiger partial charge >= 0.3 is 5.97 Å². The summed E-state index contributed by atoms with van der Waals surface area (Å²) < 4.78 is 25.1. The summed E-state index contributed by atoms with van der Waals surface area (Å²) in [6, 6.07) is 30.3. The first kappa shape index (κ1) is 22.8. The van der Waals surface area contributed by atoms with E-state index in [-0.39, 0.29) is 18.7 Å². The van der Waals surface area contributed by atoms with Gasteiger partial charge in [0.25, 0.3) is 0 Å². The first-order chi connectivity index (χ1) is 16.7. The van der Waals surface area contributed by atoms with Crippen LogP contribution >= 0.6 is 0 Å². The van der Waals surface area contributed by atoms with Gasteiger partial charge < -0.3 is 18.9 Å². The fourth-order valence-corrected chi connectivity index (χ4v) is 4.89. The summed E-state index contributed by atoms with van der Waals surface area (Å²) in [6.07, 6.45) is 1.21. The molecule has 0 radical (unpaired) electrons. The van der Waals surface area contributed by atoms with E-state index in [2.05, 4.69) is 24.3 Å². The maximum Gasteiger partial charge on any atom is 0.306 e. The quantitative estimate of drug-likeness (QED) is 0.436. The van der Waals surface area contributed by atoms with E-state index >= 15 is 0 Å². The highest BCUT2D eigenvalue weighted by Crippen LogP contribution is 2.46. The summed E-state index contributed by atoms with van der Waals surface area (Å²) in [7, 11) is 0. The van der Waals surface area contributed by atoms with Gasteiger partial charge in [0.1, 0.15) is 11.7 Å². The molecule has 2 aliphatic rings. The zero-order chi connectivity index (χ0) is 23.3. The lowest BCUT2D eigenvalue weighted by molar-refractivity contribution is -0.252. The average molecular weight is 459 g/mol. The normalized spacial score (nSPS) is 26.5. The standard InChI is InChI=1S/C29H30O5/c30-27-16-17-28(34-27)22-33-29(25-14-8-3-9-15-25,21-31-19-23-10-4-1-5-11-23)18-26(28)32-20-24-12-6-2-7-13-24/h1-15,26H,16-22H2/t26-,28+,29+/m1/s1. The van der Waals surface area contributed by atoms with Gasteiger partial charge in [-0.15, -0.1) is 0 Å². The Morgan fingerprint density at radius 3 is 2.06 bits per heavy atom. The maximum atomic E-state index is 12.1. The van der Waals surface area contributed by atoms with Gasteiger partial charge in [-0.2, -0.15) is 0 Å². The summed E-state index contributed by atoms with van der Waals surface area (Å²) >= 11 is 0. The zero-order valence-electron chi connectivity index (χ0n) is 19.2. The molecule has 0 N–H and O–H groups in total. The highest BCUT2D eigenvalue weighted by atomic mass is 16.6. The van der Waals surface area contributed by atoms with Gasteiger partial charge in [0.05, 0.1) is 26.4 Å². The molecule has 0 amide bonds. The summed E-state index contributed by atoms with van der Waals surface area (Å²) in [6.45, 7) is 1.60. The van der Waals surface area contributed by atoms with Crippen LogP contribution in [0.2, 0.25) is 0 Å². The van der Waals surface area contributed by atoms with Gasteiger partial charge in [0.2, 0.25) is 0 Å². The molecule has 2 aliphatic heterocycles. The summed E-state index contributed by atoms with van der Waals surface area (Å²) in [4.78, 5) is 12.1. The molecular formula is C29H30O5. The summed E-state index contributed by atoms with van der Waals surface area (Å²) in [5.41, 5.74) is 1.77. The van der Waals surface area contributed by atoms with E-state index in [1.807, 2.05) is 66.7 Å². The minimum absolute atomic E-state index is 0.190. The van der Waals surface area contributed by atoms with Gasteiger partial charge in [-0.3, -0.25) is 4.79 Å².